The van der Waals surface area contributed by atoms with Gasteiger partial charge in [0.25, 0.3) is 0 Å². The number of nitrogens with zero attached hydrogens (tertiary/aromatic N) is 18. The summed E-state index contributed by atoms with van der Waals surface area (Å²) < 4.78 is 18.0. The molecule has 17 aromatic carbocycles. The summed E-state index contributed by atoms with van der Waals surface area (Å²) in [6, 6.07) is 146. The highest BCUT2D eigenvalue weighted by atomic mass is 16.4. The Labute approximate surface area is 819 Å². The Morgan fingerprint density at radius 1 is 0.147 bits per heavy atom. The van der Waals surface area contributed by atoms with E-state index in [9.17, 15) is 0 Å². The van der Waals surface area contributed by atoms with Gasteiger partial charge in [-0.15, -0.1) is 0 Å². The molecule has 9 aromatic heterocycles. The van der Waals surface area contributed by atoms with E-state index in [4.69, 9.17) is 93.0 Å². The lowest BCUT2D eigenvalue weighted by Gasteiger charge is -2.11. The van der Waals surface area contributed by atoms with Crippen LogP contribution in [0, 0.1) is 0 Å². The van der Waals surface area contributed by atoms with E-state index < -0.39 is 0 Å². The Balaban J connectivity index is 0.000000116. The largest absolute Gasteiger partial charge is 0.441 e. The molecule has 21 heteroatoms. The number of aromatic nitrogens is 18. The molecule has 0 saturated carbocycles. The van der Waals surface area contributed by atoms with Crippen molar-refractivity contribution in [2.75, 3.05) is 0 Å². The Bertz CT molecular complexity index is 8620. The summed E-state index contributed by atoms with van der Waals surface area (Å²) in [5.74, 6) is 9.29. The van der Waals surface area contributed by atoms with Crippen LogP contribution in [0.4, 0.5) is 0 Å². The molecule has 0 aliphatic carbocycles. The zero-order valence-electron chi connectivity index (χ0n) is 76.6. The average molecular weight is 1840 g/mol. The molecule has 0 amide bonds. The Kier molecular flexibility index (Phi) is 23.1. The quantitative estimate of drug-likeness (QED) is 0.0772. The fourth-order valence-electron chi connectivity index (χ4n) is 17.2. The van der Waals surface area contributed by atoms with E-state index in [-0.39, 0.29) is 0 Å². The standard InChI is InChI=1S/2C42H26N6O.C38H26N6O/c1-4-12-28(13-5-1)38-46-39(29-14-6-2-7-15-29)48-40(47-38)30-22-20-27(21-23-30)37-33-18-10-11-19-34(33)43-41(45-37)32-24-25-36-35(26-32)44-42(49-36)31-16-8-3-9-17-31;1-4-12-28(13-5-1)38-46-39(29-14-6-2-7-15-29)48-40(47-38)30-22-20-27(21-23-30)37-33-18-10-11-19-34(33)43-41(45-37)32-24-25-35-36(26-32)49-42(44-35)31-16-8-3-9-17-31;1-2-33-39-31-23-28(21-22-32(31)45-33)38-40-30-16-10-9-15-29(30)34(41-38)24-17-19-27(20-18-24)37-43-35(25-11-5-3-6-12-25)42-36(44-37)26-13-7-4-8-14-26/h2*1-26H;3-23H,2H2,1H3. The summed E-state index contributed by atoms with van der Waals surface area (Å²) in [5.41, 5.74) is 25.1. The molecule has 0 atom stereocenters. The first kappa shape index (κ1) is 86.1. The third-order valence-electron chi connectivity index (χ3n) is 24.5. The van der Waals surface area contributed by atoms with Crippen LogP contribution in [-0.4, -0.2) is 89.7 Å². The average Bonchev–Trinajstić information content (AvgIpc) is 1.76. The number of hydrogen-bond acceptors (Lipinski definition) is 21. The summed E-state index contributed by atoms with van der Waals surface area (Å²) in [4.78, 5) is 87.9. The van der Waals surface area contributed by atoms with E-state index >= 15 is 0 Å². The van der Waals surface area contributed by atoms with E-state index in [0.29, 0.717) is 98.7 Å². The fraction of sp³-hybridized carbons (Fsp3) is 0.0164. The number of oxazole rings is 3. The lowest BCUT2D eigenvalue weighted by atomic mass is 10.0. The maximum atomic E-state index is 6.16. The van der Waals surface area contributed by atoms with Crippen molar-refractivity contribution in [2.45, 2.75) is 13.3 Å². The fourth-order valence-corrected chi connectivity index (χ4v) is 17.2. The second kappa shape index (κ2) is 38.4. The second-order valence-corrected chi connectivity index (χ2v) is 33.9. The molecule has 26 rings (SSSR count). The molecular formula is C122H78N18O3. The van der Waals surface area contributed by atoms with Gasteiger partial charge in [0.05, 0.1) is 33.6 Å². The van der Waals surface area contributed by atoms with Crippen LogP contribution in [-0.2, 0) is 6.42 Å². The summed E-state index contributed by atoms with van der Waals surface area (Å²) >= 11 is 0. The topological polar surface area (TPSA) is 271 Å². The van der Waals surface area contributed by atoms with Gasteiger partial charge in [0.1, 0.15) is 16.6 Å². The molecule has 0 N–H and O–H groups in total. The molecule has 0 fully saturated rings. The molecule has 674 valence electrons. The van der Waals surface area contributed by atoms with Crippen molar-refractivity contribution in [1.29, 1.82) is 0 Å². The Morgan fingerprint density at radius 3 is 0.678 bits per heavy atom. The van der Waals surface area contributed by atoms with Crippen LogP contribution in [0.3, 0.4) is 0 Å². The third-order valence-corrected chi connectivity index (χ3v) is 24.5. The van der Waals surface area contributed by atoms with Crippen LogP contribution >= 0.6 is 0 Å². The third kappa shape index (κ3) is 18.1. The Morgan fingerprint density at radius 2 is 0.371 bits per heavy atom. The van der Waals surface area contributed by atoms with Gasteiger partial charge in [0.15, 0.2) is 92.5 Å². The van der Waals surface area contributed by atoms with Gasteiger partial charge in [-0.3, -0.25) is 0 Å². The van der Waals surface area contributed by atoms with Crippen LogP contribution in [0.5, 0.6) is 0 Å². The maximum Gasteiger partial charge on any atom is 0.227 e. The van der Waals surface area contributed by atoms with E-state index in [1.165, 1.54) is 0 Å². The summed E-state index contributed by atoms with van der Waals surface area (Å²) in [6.45, 7) is 2.03. The number of aryl methyl sites for hydroxylation is 1. The number of hydrogen-bond donors (Lipinski definition) is 0. The first-order valence-electron chi connectivity index (χ1n) is 46.8. The lowest BCUT2D eigenvalue weighted by Crippen LogP contribution is -2.00. The van der Waals surface area contributed by atoms with E-state index in [2.05, 4.69) is 64.6 Å². The van der Waals surface area contributed by atoms with Gasteiger partial charge in [-0.25, -0.2) is 89.7 Å². The van der Waals surface area contributed by atoms with Crippen LogP contribution in [0.25, 0.3) is 259 Å². The van der Waals surface area contributed by atoms with Crippen molar-refractivity contribution >= 4 is 66.0 Å². The van der Waals surface area contributed by atoms with Crippen LogP contribution in [0.2, 0.25) is 0 Å². The number of para-hydroxylation sites is 3. The van der Waals surface area contributed by atoms with Gasteiger partial charge in [0, 0.05) is 117 Å². The van der Waals surface area contributed by atoms with Gasteiger partial charge < -0.3 is 13.3 Å². The molecule has 0 bridgehead atoms. The number of benzene rings is 17. The molecule has 0 unspecified atom stereocenters. The predicted octanol–water partition coefficient (Wildman–Crippen LogP) is 28.8. The normalized spacial score (nSPS) is 11.3. The first-order chi connectivity index (χ1) is 70.7. The molecule has 0 spiro atoms. The van der Waals surface area contributed by atoms with Gasteiger partial charge in [-0.05, 0) is 97.1 Å². The molecule has 0 aliphatic heterocycles. The van der Waals surface area contributed by atoms with Crippen molar-refractivity contribution < 1.29 is 13.3 Å². The van der Waals surface area contributed by atoms with Crippen LogP contribution in [0.1, 0.15) is 12.8 Å². The van der Waals surface area contributed by atoms with Crippen molar-refractivity contribution in [3.63, 3.8) is 0 Å². The van der Waals surface area contributed by atoms with E-state index in [1.54, 1.807) is 0 Å². The maximum absolute atomic E-state index is 6.16. The predicted molar refractivity (Wildman–Crippen MR) is 563 cm³/mol. The van der Waals surface area contributed by atoms with Crippen molar-refractivity contribution in [1.82, 2.24) is 89.7 Å². The van der Waals surface area contributed by atoms with Crippen molar-refractivity contribution in [3.05, 3.63) is 449 Å². The van der Waals surface area contributed by atoms with Gasteiger partial charge in [-0.1, -0.05) is 353 Å². The molecule has 0 saturated heterocycles. The van der Waals surface area contributed by atoms with Crippen molar-refractivity contribution in [2.24, 2.45) is 0 Å². The molecule has 143 heavy (non-hydrogen) atoms. The zero-order chi connectivity index (χ0) is 95.3. The zero-order valence-corrected chi connectivity index (χ0v) is 76.6. The number of fused-ring (bicyclic) bond motifs is 6. The highest BCUT2D eigenvalue weighted by Crippen LogP contribution is 2.40. The summed E-state index contributed by atoms with van der Waals surface area (Å²) in [6.07, 6.45) is 0.738. The van der Waals surface area contributed by atoms with Crippen molar-refractivity contribution in [3.8, 4) is 193 Å². The minimum absolute atomic E-state index is 0.581. The first-order valence-corrected chi connectivity index (χ1v) is 46.8. The summed E-state index contributed by atoms with van der Waals surface area (Å²) in [7, 11) is 0. The molecule has 0 radical (unpaired) electrons. The highest BCUT2D eigenvalue weighted by molar-refractivity contribution is 5.98. The molecule has 21 nitrogen and oxygen atoms in total. The summed E-state index contributed by atoms with van der Waals surface area (Å²) in [5, 5.41) is 2.90. The molecule has 26 aromatic rings. The van der Waals surface area contributed by atoms with Gasteiger partial charge in [-0.2, -0.15) is 0 Å². The van der Waals surface area contributed by atoms with Gasteiger partial charge in [0.2, 0.25) is 11.8 Å². The Hall–Kier alpha value is -19.8. The SMILES string of the molecule is CCc1nc2cc(-c3nc(-c4ccc(-c5nc(-c6ccccc6)nc(-c6ccccc6)n5)cc4)c4ccccc4n3)ccc2o1.c1ccc(-c2nc(-c3ccccc3)nc(-c3ccc(-c4nc(-c5ccc6nc(-c7ccccc7)oc6c5)nc5ccccc45)cc3)n2)cc1.c1ccc(-c2nc(-c3ccccc3)nc(-c3ccc(-c4nc(-c5ccc6oc(-c7ccccc7)nc6c5)nc5ccccc45)cc3)n2)cc1. The van der Waals surface area contributed by atoms with E-state index in [1.807, 2.05) is 395 Å². The monoisotopic (exact) mass is 1840 g/mol. The van der Waals surface area contributed by atoms with Crippen LogP contribution < -0.4 is 0 Å². The minimum Gasteiger partial charge on any atom is -0.441 e. The minimum atomic E-state index is 0.581. The highest BCUT2D eigenvalue weighted by Gasteiger charge is 2.24. The number of rotatable bonds is 18. The van der Waals surface area contributed by atoms with Gasteiger partial charge >= 0.3 is 0 Å². The molecule has 9 heterocycles. The molecular weight excluding hydrogens is 1770 g/mol. The smallest absolute Gasteiger partial charge is 0.227 e. The second-order valence-electron chi connectivity index (χ2n) is 33.9. The molecule has 0 aliphatic rings. The lowest BCUT2D eigenvalue weighted by molar-refractivity contribution is 0.538. The van der Waals surface area contributed by atoms with Crippen LogP contribution in [0.15, 0.2) is 456 Å². The van der Waals surface area contributed by atoms with E-state index in [0.717, 1.165) is 173 Å².